The van der Waals surface area contributed by atoms with Crippen molar-refractivity contribution in [3.63, 3.8) is 0 Å². The van der Waals surface area contributed by atoms with Crippen LogP contribution in [0.25, 0.3) is 0 Å². The highest BCUT2D eigenvalue weighted by Gasteiger charge is 2.43. The number of Topliss-reactive ketones (excluding diaryl/α,β-unsaturated/α-hetero) is 1. The number of ketones is 1. The fourth-order valence-electron chi connectivity index (χ4n) is 7.38. The average molecular weight is 431 g/mol. The lowest BCUT2D eigenvalue weighted by Gasteiger charge is -2.44. The number of hydrogen-bond acceptors (Lipinski definition) is 1. The molecule has 31 heavy (non-hydrogen) atoms. The summed E-state index contributed by atoms with van der Waals surface area (Å²) in [5, 5.41) is 3.30. The zero-order valence-electron chi connectivity index (χ0n) is 19.0. The van der Waals surface area contributed by atoms with Crippen molar-refractivity contribution in [3.8, 4) is 0 Å². The summed E-state index contributed by atoms with van der Waals surface area (Å²) in [6.07, 6.45) is 12.7. The summed E-state index contributed by atoms with van der Waals surface area (Å²) in [6.45, 7) is 0. The molecule has 0 unspecified atom stereocenters. The van der Waals surface area contributed by atoms with Crippen LogP contribution < -0.4 is 10.4 Å². The van der Waals surface area contributed by atoms with E-state index >= 15 is 0 Å². The Balaban J connectivity index is 1.23. The first-order valence-corrected chi connectivity index (χ1v) is 15.3. The molecule has 2 heteroatoms. The van der Waals surface area contributed by atoms with E-state index in [2.05, 4.69) is 60.7 Å². The Morgan fingerprint density at radius 1 is 0.516 bits per heavy atom. The Labute approximate surface area is 189 Å². The fourth-order valence-corrected chi connectivity index (χ4v) is 12.5. The molecular formula is C29H38OSi. The van der Waals surface area contributed by atoms with Gasteiger partial charge < -0.3 is 0 Å². The molecule has 1 saturated heterocycles. The van der Waals surface area contributed by atoms with Crippen LogP contribution in [0.5, 0.6) is 0 Å². The molecule has 3 fully saturated rings. The Hall–Kier alpha value is -1.67. The third-order valence-electron chi connectivity index (χ3n) is 9.27. The lowest BCUT2D eigenvalue weighted by Crippen LogP contribution is -2.60. The van der Waals surface area contributed by atoms with Crippen LogP contribution in [0.2, 0.25) is 12.1 Å². The van der Waals surface area contributed by atoms with Gasteiger partial charge >= 0.3 is 0 Å². The van der Waals surface area contributed by atoms with Crippen molar-refractivity contribution in [2.75, 3.05) is 0 Å². The third kappa shape index (κ3) is 4.46. The Morgan fingerprint density at radius 3 is 1.35 bits per heavy atom. The predicted molar refractivity (Wildman–Crippen MR) is 133 cm³/mol. The van der Waals surface area contributed by atoms with Crippen molar-refractivity contribution < 1.29 is 4.79 Å². The molecule has 3 aliphatic rings. The summed E-state index contributed by atoms with van der Waals surface area (Å²) in [4.78, 5) is 11.6. The molecule has 2 saturated carbocycles. The van der Waals surface area contributed by atoms with Crippen molar-refractivity contribution in [2.45, 2.75) is 76.3 Å². The van der Waals surface area contributed by atoms with Gasteiger partial charge in [-0.05, 0) is 74.3 Å². The van der Waals surface area contributed by atoms with Crippen molar-refractivity contribution in [1.82, 2.24) is 0 Å². The molecule has 0 radical (unpaired) electrons. The number of carbonyl (C=O) groups excluding carboxylic acids is 1. The van der Waals surface area contributed by atoms with E-state index in [4.69, 9.17) is 0 Å². The summed E-state index contributed by atoms with van der Waals surface area (Å²) in [5.74, 6) is 4.18. The van der Waals surface area contributed by atoms with Crippen molar-refractivity contribution in [3.05, 3.63) is 60.7 Å². The van der Waals surface area contributed by atoms with Gasteiger partial charge in [-0.2, -0.15) is 0 Å². The topological polar surface area (TPSA) is 17.1 Å². The van der Waals surface area contributed by atoms with Gasteiger partial charge in [-0.25, -0.2) is 0 Å². The smallest absolute Gasteiger partial charge is 0.132 e. The van der Waals surface area contributed by atoms with Crippen LogP contribution in [-0.2, 0) is 4.79 Å². The maximum Gasteiger partial charge on any atom is 0.132 e. The van der Waals surface area contributed by atoms with Gasteiger partial charge in [-0.1, -0.05) is 83.9 Å². The summed E-state index contributed by atoms with van der Waals surface area (Å²) in [7, 11) is -1.62. The molecule has 0 spiro atoms. The largest absolute Gasteiger partial charge is 0.300 e. The SMILES string of the molecule is O=C1CCC(C2CCC(C3CC[Si](c4ccccc4)(c4ccccc4)CC3)CC2)CC1. The molecule has 5 rings (SSSR count). The standard InChI is InChI=1S/C29H38OSi/c30-27-17-15-25(16-18-27)23-11-13-24(14-12-23)26-19-21-31(22-20-26,28-7-3-1-4-8-28)29-9-5-2-6-10-29/h1-10,23-26H,11-22H2. The molecule has 2 aliphatic carbocycles. The molecule has 164 valence electrons. The van der Waals surface area contributed by atoms with E-state index in [1.54, 1.807) is 10.4 Å². The van der Waals surface area contributed by atoms with E-state index < -0.39 is 8.07 Å². The second-order valence-corrected chi connectivity index (χ2v) is 15.0. The van der Waals surface area contributed by atoms with Crippen molar-refractivity contribution in [1.29, 1.82) is 0 Å². The highest BCUT2D eigenvalue weighted by atomic mass is 28.3. The minimum absolute atomic E-state index is 0.511. The highest BCUT2D eigenvalue weighted by molar-refractivity contribution is 7.02. The van der Waals surface area contributed by atoms with Crippen LogP contribution in [0.1, 0.15) is 64.2 Å². The zero-order valence-corrected chi connectivity index (χ0v) is 20.0. The molecule has 0 N–H and O–H groups in total. The maximum absolute atomic E-state index is 11.6. The van der Waals surface area contributed by atoms with Crippen LogP contribution in [0.4, 0.5) is 0 Å². The van der Waals surface area contributed by atoms with Gasteiger partial charge in [0, 0.05) is 12.8 Å². The first-order valence-electron chi connectivity index (χ1n) is 12.9. The predicted octanol–water partition coefficient (Wildman–Crippen LogP) is 6.23. The molecule has 0 aromatic heterocycles. The van der Waals surface area contributed by atoms with E-state index in [1.807, 2.05) is 0 Å². The second-order valence-electron chi connectivity index (χ2n) is 10.7. The first-order chi connectivity index (χ1) is 15.2. The lowest BCUT2D eigenvalue weighted by molar-refractivity contribution is -0.121. The van der Waals surface area contributed by atoms with E-state index in [-0.39, 0.29) is 0 Å². The van der Waals surface area contributed by atoms with Crippen LogP contribution in [0, 0.1) is 23.7 Å². The number of hydrogen-bond donors (Lipinski definition) is 0. The van der Waals surface area contributed by atoms with Gasteiger partial charge in [-0.3, -0.25) is 4.79 Å². The quantitative estimate of drug-likeness (QED) is 0.526. The normalized spacial score (nSPS) is 27.8. The molecular weight excluding hydrogens is 392 g/mol. The van der Waals surface area contributed by atoms with Crippen LogP contribution >= 0.6 is 0 Å². The highest BCUT2D eigenvalue weighted by Crippen LogP contribution is 2.45. The molecule has 1 aliphatic heterocycles. The van der Waals surface area contributed by atoms with Gasteiger partial charge in [-0.15, -0.1) is 0 Å². The monoisotopic (exact) mass is 430 g/mol. The minimum atomic E-state index is -1.62. The molecule has 2 aromatic carbocycles. The lowest BCUT2D eigenvalue weighted by atomic mass is 9.68. The second kappa shape index (κ2) is 9.44. The minimum Gasteiger partial charge on any atom is -0.300 e. The first kappa shape index (κ1) is 21.2. The number of rotatable bonds is 4. The molecule has 1 heterocycles. The maximum atomic E-state index is 11.6. The summed E-state index contributed by atoms with van der Waals surface area (Å²) < 4.78 is 0. The van der Waals surface area contributed by atoms with Crippen molar-refractivity contribution in [2.24, 2.45) is 23.7 Å². The molecule has 0 bridgehead atoms. The molecule has 0 amide bonds. The summed E-state index contributed by atoms with van der Waals surface area (Å²) >= 11 is 0. The Morgan fingerprint density at radius 2 is 0.903 bits per heavy atom. The van der Waals surface area contributed by atoms with E-state index in [0.717, 1.165) is 36.5 Å². The summed E-state index contributed by atoms with van der Waals surface area (Å²) in [6, 6.07) is 25.9. The van der Waals surface area contributed by atoms with Gasteiger partial charge in [0.2, 0.25) is 0 Å². The van der Waals surface area contributed by atoms with E-state index in [9.17, 15) is 4.79 Å². The number of benzene rings is 2. The summed E-state index contributed by atoms with van der Waals surface area (Å²) in [5.41, 5.74) is 0. The van der Waals surface area contributed by atoms with Crippen LogP contribution in [-0.4, -0.2) is 13.9 Å². The van der Waals surface area contributed by atoms with Gasteiger partial charge in [0.05, 0.1) is 0 Å². The zero-order chi connectivity index (χ0) is 21.1. The number of carbonyl (C=O) groups is 1. The average Bonchev–Trinajstić information content (AvgIpc) is 2.86. The Bertz CT molecular complexity index is 793. The molecule has 1 nitrogen and oxygen atoms in total. The fraction of sp³-hybridized carbons (Fsp3) is 0.552. The van der Waals surface area contributed by atoms with Crippen LogP contribution in [0.3, 0.4) is 0 Å². The van der Waals surface area contributed by atoms with Gasteiger partial charge in [0.25, 0.3) is 0 Å². The third-order valence-corrected chi connectivity index (χ3v) is 14.4. The van der Waals surface area contributed by atoms with Gasteiger partial charge in [0.15, 0.2) is 0 Å². The van der Waals surface area contributed by atoms with E-state index in [1.165, 1.54) is 63.5 Å². The van der Waals surface area contributed by atoms with Crippen LogP contribution in [0.15, 0.2) is 60.7 Å². The van der Waals surface area contributed by atoms with Crippen molar-refractivity contribution >= 4 is 24.2 Å². The molecule has 0 atom stereocenters. The van der Waals surface area contributed by atoms with Gasteiger partial charge in [0.1, 0.15) is 13.9 Å². The Kier molecular flexibility index (Phi) is 6.45. The van der Waals surface area contributed by atoms with E-state index in [0.29, 0.717) is 5.78 Å². The molecule has 2 aromatic rings.